The molecule has 16 heavy (non-hydrogen) atoms. The highest BCUT2D eigenvalue weighted by Gasteiger charge is 2.13. The first-order valence-electron chi connectivity index (χ1n) is 5.62. The monoisotopic (exact) mass is 222 g/mol. The maximum atomic E-state index is 11.7. The van der Waals surface area contributed by atoms with Crippen LogP contribution < -0.4 is 0 Å². The molecule has 0 radical (unpaired) electrons. The van der Waals surface area contributed by atoms with E-state index in [4.69, 9.17) is 0 Å². The van der Waals surface area contributed by atoms with E-state index in [1.807, 2.05) is 0 Å². The van der Waals surface area contributed by atoms with Crippen molar-refractivity contribution in [1.29, 1.82) is 0 Å². The van der Waals surface area contributed by atoms with E-state index in [-0.39, 0.29) is 22.8 Å². The average molecular weight is 222 g/mol. The fraction of sp³-hybridized carbons (Fsp3) is 0.462. The van der Waals surface area contributed by atoms with Gasteiger partial charge in [0.2, 0.25) is 0 Å². The first-order chi connectivity index (χ1) is 7.56. The third kappa shape index (κ3) is 2.99. The van der Waals surface area contributed by atoms with E-state index in [9.17, 15) is 15.0 Å². The van der Waals surface area contributed by atoms with Crippen molar-refractivity contribution >= 4 is 5.78 Å². The molecule has 88 valence electrons. The SMILES string of the molecule is CCCCCC(=O)c1cc(O)c(C)cc1O. The Hall–Kier alpha value is -1.51. The molecule has 1 rings (SSSR count). The highest BCUT2D eigenvalue weighted by molar-refractivity contribution is 5.99. The number of carbonyl (C=O) groups excluding carboxylic acids is 1. The molecule has 0 unspecified atom stereocenters. The van der Waals surface area contributed by atoms with Gasteiger partial charge in [0.1, 0.15) is 11.5 Å². The van der Waals surface area contributed by atoms with E-state index in [1.165, 1.54) is 12.1 Å². The lowest BCUT2D eigenvalue weighted by Gasteiger charge is -2.06. The summed E-state index contributed by atoms with van der Waals surface area (Å²) in [6.45, 7) is 3.75. The fourth-order valence-electron chi connectivity index (χ4n) is 1.57. The molecule has 0 aliphatic rings. The molecule has 0 amide bonds. The molecule has 0 atom stereocenters. The van der Waals surface area contributed by atoms with Gasteiger partial charge in [-0.1, -0.05) is 19.8 Å². The van der Waals surface area contributed by atoms with Gasteiger partial charge in [-0.2, -0.15) is 0 Å². The van der Waals surface area contributed by atoms with E-state index in [0.29, 0.717) is 12.0 Å². The van der Waals surface area contributed by atoms with Crippen LogP contribution in [0.25, 0.3) is 0 Å². The number of phenolic OH excluding ortho intramolecular Hbond substituents is 2. The van der Waals surface area contributed by atoms with Gasteiger partial charge >= 0.3 is 0 Å². The van der Waals surface area contributed by atoms with Crippen molar-refractivity contribution in [3.05, 3.63) is 23.3 Å². The number of unbranched alkanes of at least 4 members (excludes halogenated alkanes) is 2. The molecular weight excluding hydrogens is 204 g/mol. The van der Waals surface area contributed by atoms with Gasteiger partial charge in [0, 0.05) is 6.42 Å². The average Bonchev–Trinajstić information content (AvgIpc) is 2.23. The summed E-state index contributed by atoms with van der Waals surface area (Å²) in [5.74, 6) is -0.102. The quantitative estimate of drug-likeness (QED) is 0.457. The normalized spacial score (nSPS) is 10.4. The lowest BCUT2D eigenvalue weighted by molar-refractivity contribution is 0.0976. The number of hydrogen-bond acceptors (Lipinski definition) is 3. The first kappa shape index (κ1) is 12.6. The van der Waals surface area contributed by atoms with Gasteiger partial charge in [-0.25, -0.2) is 0 Å². The third-order valence-electron chi connectivity index (χ3n) is 2.62. The Bertz CT molecular complexity index is 383. The summed E-state index contributed by atoms with van der Waals surface area (Å²) < 4.78 is 0. The van der Waals surface area contributed by atoms with Gasteiger partial charge in [0.15, 0.2) is 5.78 Å². The zero-order valence-electron chi connectivity index (χ0n) is 9.79. The summed E-state index contributed by atoms with van der Waals surface area (Å²) in [5, 5.41) is 19.1. The minimum absolute atomic E-state index is 0.0446. The molecule has 1 aromatic rings. The van der Waals surface area contributed by atoms with Crippen molar-refractivity contribution in [2.75, 3.05) is 0 Å². The summed E-state index contributed by atoms with van der Waals surface area (Å²) in [7, 11) is 0. The van der Waals surface area contributed by atoms with Crippen molar-refractivity contribution in [3.63, 3.8) is 0 Å². The van der Waals surface area contributed by atoms with Crippen LogP contribution in [0.4, 0.5) is 0 Å². The minimum Gasteiger partial charge on any atom is -0.508 e. The second-order valence-electron chi connectivity index (χ2n) is 4.04. The Morgan fingerprint density at radius 2 is 1.88 bits per heavy atom. The summed E-state index contributed by atoms with van der Waals surface area (Å²) in [6.07, 6.45) is 3.30. The molecule has 2 N–H and O–H groups in total. The maximum absolute atomic E-state index is 11.7. The van der Waals surface area contributed by atoms with Crippen LogP contribution in [-0.4, -0.2) is 16.0 Å². The van der Waals surface area contributed by atoms with Gasteiger partial charge in [-0.3, -0.25) is 4.79 Å². The highest BCUT2D eigenvalue weighted by Crippen LogP contribution is 2.27. The maximum Gasteiger partial charge on any atom is 0.166 e. The van der Waals surface area contributed by atoms with Crippen LogP contribution in [-0.2, 0) is 0 Å². The van der Waals surface area contributed by atoms with E-state index >= 15 is 0 Å². The Morgan fingerprint density at radius 3 is 2.50 bits per heavy atom. The summed E-state index contributed by atoms with van der Waals surface area (Å²) in [5.41, 5.74) is 0.793. The Morgan fingerprint density at radius 1 is 1.19 bits per heavy atom. The molecule has 0 saturated heterocycles. The van der Waals surface area contributed by atoms with Crippen LogP contribution in [0.5, 0.6) is 11.5 Å². The minimum atomic E-state index is -0.110. The van der Waals surface area contributed by atoms with Crippen LogP contribution in [0.15, 0.2) is 12.1 Å². The highest BCUT2D eigenvalue weighted by atomic mass is 16.3. The number of hydrogen-bond donors (Lipinski definition) is 2. The molecule has 0 bridgehead atoms. The number of benzene rings is 1. The van der Waals surface area contributed by atoms with Crippen molar-refractivity contribution in [2.45, 2.75) is 39.5 Å². The molecule has 1 aromatic carbocycles. The lowest BCUT2D eigenvalue weighted by atomic mass is 10.0. The van der Waals surface area contributed by atoms with Gasteiger partial charge in [-0.05, 0) is 31.0 Å². The summed E-state index contributed by atoms with van der Waals surface area (Å²) >= 11 is 0. The number of carbonyl (C=O) groups is 1. The first-order valence-corrected chi connectivity index (χ1v) is 5.62. The van der Waals surface area contributed by atoms with Crippen LogP contribution in [0.3, 0.4) is 0 Å². The molecule has 0 aromatic heterocycles. The van der Waals surface area contributed by atoms with Crippen molar-refractivity contribution < 1.29 is 15.0 Å². The Balaban J connectivity index is 2.79. The lowest BCUT2D eigenvalue weighted by Crippen LogP contribution is -1.99. The van der Waals surface area contributed by atoms with E-state index in [2.05, 4.69) is 6.92 Å². The number of Topliss-reactive ketones (excluding diaryl/α,β-unsaturated/α-hetero) is 1. The van der Waals surface area contributed by atoms with Crippen molar-refractivity contribution in [1.82, 2.24) is 0 Å². The van der Waals surface area contributed by atoms with E-state index in [0.717, 1.165) is 19.3 Å². The van der Waals surface area contributed by atoms with Gasteiger partial charge in [0.25, 0.3) is 0 Å². The van der Waals surface area contributed by atoms with Gasteiger partial charge in [-0.15, -0.1) is 0 Å². The molecule has 0 aliphatic heterocycles. The Labute approximate surface area is 95.7 Å². The second kappa shape index (κ2) is 5.54. The third-order valence-corrected chi connectivity index (χ3v) is 2.62. The molecule has 3 heteroatoms. The molecule has 0 aliphatic carbocycles. The van der Waals surface area contributed by atoms with Crippen molar-refractivity contribution in [3.8, 4) is 11.5 Å². The summed E-state index contributed by atoms with van der Waals surface area (Å²) in [4.78, 5) is 11.7. The van der Waals surface area contributed by atoms with Gasteiger partial charge in [0.05, 0.1) is 5.56 Å². The second-order valence-corrected chi connectivity index (χ2v) is 4.04. The molecule has 0 heterocycles. The molecule has 0 saturated carbocycles. The van der Waals surface area contributed by atoms with Gasteiger partial charge < -0.3 is 10.2 Å². The largest absolute Gasteiger partial charge is 0.508 e. The smallest absolute Gasteiger partial charge is 0.166 e. The van der Waals surface area contributed by atoms with E-state index < -0.39 is 0 Å². The van der Waals surface area contributed by atoms with Crippen LogP contribution in [0.1, 0.15) is 48.5 Å². The van der Waals surface area contributed by atoms with Crippen LogP contribution in [0.2, 0.25) is 0 Å². The number of ketones is 1. The number of phenols is 2. The number of aryl methyl sites for hydroxylation is 1. The molecule has 0 fully saturated rings. The molecule has 0 spiro atoms. The standard InChI is InChI=1S/C13H18O3/c1-3-4-5-6-11(14)10-8-12(15)9(2)7-13(10)16/h7-8,15-16H,3-6H2,1-2H3. The summed E-state index contributed by atoms with van der Waals surface area (Å²) in [6, 6.07) is 2.77. The van der Waals surface area contributed by atoms with Crippen molar-refractivity contribution in [2.24, 2.45) is 0 Å². The topological polar surface area (TPSA) is 57.5 Å². The predicted molar refractivity (Wildman–Crippen MR) is 63.0 cm³/mol. The fourth-order valence-corrected chi connectivity index (χ4v) is 1.57. The van der Waals surface area contributed by atoms with E-state index in [1.54, 1.807) is 6.92 Å². The molecule has 3 nitrogen and oxygen atoms in total. The zero-order valence-corrected chi connectivity index (χ0v) is 9.79. The number of rotatable bonds is 5. The van der Waals surface area contributed by atoms with Crippen LogP contribution in [0, 0.1) is 6.92 Å². The van der Waals surface area contributed by atoms with Crippen LogP contribution >= 0.6 is 0 Å². The molecular formula is C13H18O3. The zero-order chi connectivity index (χ0) is 12.1. The Kier molecular flexibility index (Phi) is 4.35. The predicted octanol–water partition coefficient (Wildman–Crippen LogP) is 3.17. The number of aromatic hydroxyl groups is 2.